The van der Waals surface area contributed by atoms with Crippen molar-refractivity contribution in [2.24, 2.45) is 5.73 Å². The molecule has 2 unspecified atom stereocenters. The number of carbonyl (C=O) groups excluding carboxylic acids is 1. The fraction of sp³-hybridized carbons (Fsp3) is 0.273. The summed E-state index contributed by atoms with van der Waals surface area (Å²) in [6.07, 6.45) is -3.45. The van der Waals surface area contributed by atoms with Crippen molar-refractivity contribution in [1.29, 1.82) is 5.26 Å². The molecule has 0 saturated carbocycles. The van der Waals surface area contributed by atoms with Gasteiger partial charge in [0, 0.05) is 6.07 Å². The number of carbonyl (C=O) groups is 1. The topological polar surface area (TPSA) is 150 Å². The van der Waals surface area contributed by atoms with Crippen molar-refractivity contribution in [1.82, 2.24) is 0 Å². The first-order chi connectivity index (χ1) is 8.86. The number of hydrogen-bond donors (Lipinski definition) is 3. The Morgan fingerprint density at radius 3 is 2.63 bits per heavy atom. The van der Waals surface area contributed by atoms with Crippen LogP contribution in [0.3, 0.4) is 0 Å². The third kappa shape index (κ3) is 3.48. The number of benzene rings is 1. The van der Waals surface area contributed by atoms with Crippen LogP contribution in [-0.4, -0.2) is 27.1 Å². The fourth-order valence-corrected chi connectivity index (χ4v) is 1.52. The van der Waals surface area contributed by atoms with Crippen LogP contribution in [0.4, 0.5) is 5.69 Å². The first kappa shape index (κ1) is 14.6. The van der Waals surface area contributed by atoms with Crippen LogP contribution < -0.4 is 5.73 Å². The third-order valence-corrected chi connectivity index (χ3v) is 2.46. The van der Waals surface area contributed by atoms with Crippen LogP contribution in [0.25, 0.3) is 0 Å². The van der Waals surface area contributed by atoms with Crippen LogP contribution in [0.2, 0.25) is 0 Å². The summed E-state index contributed by atoms with van der Waals surface area (Å²) in [4.78, 5) is 20.6. The predicted octanol–water partition coefficient (Wildman–Crippen LogP) is -0.264. The van der Waals surface area contributed by atoms with E-state index in [-0.39, 0.29) is 11.1 Å². The summed E-state index contributed by atoms with van der Waals surface area (Å²) in [7, 11) is 0. The van der Waals surface area contributed by atoms with Gasteiger partial charge in [-0.25, -0.2) is 0 Å². The Hall–Kier alpha value is -2.50. The number of rotatable bonds is 5. The molecule has 1 aromatic rings. The molecule has 2 atom stereocenters. The van der Waals surface area contributed by atoms with Gasteiger partial charge >= 0.3 is 0 Å². The van der Waals surface area contributed by atoms with Gasteiger partial charge in [-0.1, -0.05) is 6.07 Å². The number of aliphatic hydroxyl groups is 2. The molecule has 1 rings (SSSR count). The van der Waals surface area contributed by atoms with Crippen molar-refractivity contribution in [2.75, 3.05) is 0 Å². The smallest absolute Gasteiger partial charge is 0.287 e. The number of hydrogen-bond acceptors (Lipinski definition) is 6. The predicted molar refractivity (Wildman–Crippen MR) is 62.6 cm³/mol. The molecule has 0 heterocycles. The van der Waals surface area contributed by atoms with E-state index in [4.69, 9.17) is 11.0 Å². The van der Waals surface area contributed by atoms with E-state index < -0.39 is 35.1 Å². The molecule has 8 heteroatoms. The van der Waals surface area contributed by atoms with Gasteiger partial charge in [-0.05, 0) is 11.6 Å². The average molecular weight is 265 g/mol. The van der Waals surface area contributed by atoms with Crippen LogP contribution in [0.15, 0.2) is 18.2 Å². The molecule has 19 heavy (non-hydrogen) atoms. The average Bonchev–Trinajstić information content (AvgIpc) is 2.36. The molecule has 8 nitrogen and oxygen atoms in total. The van der Waals surface area contributed by atoms with E-state index in [1.165, 1.54) is 6.07 Å². The molecule has 0 aromatic heterocycles. The zero-order chi connectivity index (χ0) is 14.6. The summed E-state index contributed by atoms with van der Waals surface area (Å²) < 4.78 is 0. The Balaban J connectivity index is 3.08. The van der Waals surface area contributed by atoms with Gasteiger partial charge in [0.1, 0.15) is 17.7 Å². The SMILES string of the molecule is N#Cc1ccc(C(O)C(O)CC(N)=O)cc1[N+](=O)[O-]. The van der Waals surface area contributed by atoms with Crippen molar-refractivity contribution in [3.05, 3.63) is 39.4 Å². The van der Waals surface area contributed by atoms with E-state index in [1.54, 1.807) is 6.07 Å². The molecule has 1 aromatic carbocycles. The highest BCUT2D eigenvalue weighted by molar-refractivity contribution is 5.74. The van der Waals surface area contributed by atoms with Gasteiger partial charge in [-0.2, -0.15) is 5.26 Å². The Kier molecular flexibility index (Phi) is 4.52. The van der Waals surface area contributed by atoms with Crippen LogP contribution in [-0.2, 0) is 4.79 Å². The minimum Gasteiger partial charge on any atom is -0.390 e. The van der Waals surface area contributed by atoms with Crippen LogP contribution in [0.1, 0.15) is 23.7 Å². The van der Waals surface area contributed by atoms with Crippen LogP contribution in [0.5, 0.6) is 0 Å². The van der Waals surface area contributed by atoms with Gasteiger partial charge in [-0.15, -0.1) is 0 Å². The second-order valence-corrected chi connectivity index (χ2v) is 3.83. The largest absolute Gasteiger partial charge is 0.390 e. The Morgan fingerprint density at radius 1 is 1.53 bits per heavy atom. The van der Waals surface area contributed by atoms with E-state index in [9.17, 15) is 25.1 Å². The monoisotopic (exact) mass is 265 g/mol. The zero-order valence-electron chi connectivity index (χ0n) is 9.68. The maximum atomic E-state index is 10.7. The molecule has 1 amide bonds. The second kappa shape index (κ2) is 5.90. The molecule has 0 aliphatic rings. The minimum absolute atomic E-state index is 0.0273. The number of nitrogens with two attached hydrogens (primary N) is 1. The van der Waals surface area contributed by atoms with Crippen LogP contribution in [0, 0.1) is 21.4 Å². The van der Waals surface area contributed by atoms with E-state index >= 15 is 0 Å². The lowest BCUT2D eigenvalue weighted by atomic mass is 10.00. The molecule has 0 bridgehead atoms. The first-order valence-corrected chi connectivity index (χ1v) is 5.19. The molecule has 0 radical (unpaired) electrons. The summed E-state index contributed by atoms with van der Waals surface area (Å²) in [5, 5.41) is 38.7. The molecule has 0 saturated heterocycles. The summed E-state index contributed by atoms with van der Waals surface area (Å²) in [6.45, 7) is 0. The Labute approximate surface area is 107 Å². The second-order valence-electron chi connectivity index (χ2n) is 3.83. The van der Waals surface area contributed by atoms with Crippen molar-refractivity contribution in [3.63, 3.8) is 0 Å². The Morgan fingerprint density at radius 2 is 2.16 bits per heavy atom. The number of nitro groups is 1. The van der Waals surface area contributed by atoms with E-state index in [0.717, 1.165) is 12.1 Å². The standard InChI is InChI=1S/C11H11N3O5/c12-5-7-2-1-6(3-8(7)14(18)19)11(17)9(15)4-10(13)16/h1-3,9,11,15,17H,4H2,(H2,13,16). The highest BCUT2D eigenvalue weighted by Gasteiger charge is 2.23. The molecule has 0 aliphatic heterocycles. The van der Waals surface area contributed by atoms with E-state index in [0.29, 0.717) is 0 Å². The van der Waals surface area contributed by atoms with E-state index in [1.807, 2.05) is 0 Å². The minimum atomic E-state index is -1.50. The molecule has 0 aliphatic carbocycles. The van der Waals surface area contributed by atoms with E-state index in [2.05, 4.69) is 0 Å². The Bertz CT molecular complexity index is 552. The normalized spacial score (nSPS) is 13.3. The fourth-order valence-electron chi connectivity index (χ4n) is 1.52. The first-order valence-electron chi connectivity index (χ1n) is 5.19. The van der Waals surface area contributed by atoms with Crippen molar-refractivity contribution in [2.45, 2.75) is 18.6 Å². The van der Waals surface area contributed by atoms with Gasteiger partial charge < -0.3 is 15.9 Å². The van der Waals surface area contributed by atoms with Gasteiger partial charge in [0.05, 0.1) is 17.4 Å². The molecule has 0 fully saturated rings. The number of primary amides is 1. The molecule has 100 valence electrons. The maximum absolute atomic E-state index is 10.7. The number of aliphatic hydroxyl groups excluding tert-OH is 2. The van der Waals surface area contributed by atoms with Crippen LogP contribution >= 0.6 is 0 Å². The lowest BCUT2D eigenvalue weighted by Gasteiger charge is -2.16. The number of nitro benzene ring substituents is 1. The highest BCUT2D eigenvalue weighted by atomic mass is 16.6. The number of nitriles is 1. The summed E-state index contributed by atoms with van der Waals surface area (Å²) in [6, 6.07) is 5.05. The van der Waals surface area contributed by atoms with Crippen molar-refractivity contribution in [3.8, 4) is 6.07 Å². The van der Waals surface area contributed by atoms with Crippen molar-refractivity contribution < 1.29 is 19.9 Å². The van der Waals surface area contributed by atoms with Gasteiger partial charge in [0.2, 0.25) is 5.91 Å². The van der Waals surface area contributed by atoms with Crippen molar-refractivity contribution >= 4 is 11.6 Å². The van der Waals surface area contributed by atoms with Gasteiger partial charge in [0.25, 0.3) is 5.69 Å². The maximum Gasteiger partial charge on any atom is 0.287 e. The number of nitrogens with zero attached hydrogens (tertiary/aromatic N) is 2. The number of amides is 1. The quantitative estimate of drug-likeness (QED) is 0.492. The lowest BCUT2D eigenvalue weighted by Crippen LogP contribution is -2.25. The summed E-state index contributed by atoms with van der Waals surface area (Å²) >= 11 is 0. The molecule has 0 spiro atoms. The summed E-state index contributed by atoms with van der Waals surface area (Å²) in [5.41, 5.74) is 4.26. The lowest BCUT2D eigenvalue weighted by molar-refractivity contribution is -0.385. The molecule has 4 N–H and O–H groups in total. The summed E-state index contributed by atoms with van der Waals surface area (Å²) in [5.74, 6) is -0.810. The molecular weight excluding hydrogens is 254 g/mol. The van der Waals surface area contributed by atoms with Gasteiger partial charge in [0.15, 0.2) is 0 Å². The zero-order valence-corrected chi connectivity index (χ0v) is 9.68. The van der Waals surface area contributed by atoms with Gasteiger partial charge in [-0.3, -0.25) is 14.9 Å². The third-order valence-electron chi connectivity index (χ3n) is 2.46. The highest BCUT2D eigenvalue weighted by Crippen LogP contribution is 2.25. The molecular formula is C11H11N3O5.